The van der Waals surface area contributed by atoms with E-state index in [4.69, 9.17) is 0 Å². The summed E-state index contributed by atoms with van der Waals surface area (Å²) in [5.74, 6) is -0.145. The van der Waals surface area contributed by atoms with Crippen molar-refractivity contribution < 1.29 is 14.7 Å². The first-order valence-electron chi connectivity index (χ1n) is 7.83. The van der Waals surface area contributed by atoms with Crippen molar-refractivity contribution in [3.8, 4) is 5.75 Å². The summed E-state index contributed by atoms with van der Waals surface area (Å²) in [6, 6.07) is 11.0. The number of hydrogen-bond acceptors (Lipinski definition) is 3. The van der Waals surface area contributed by atoms with Crippen LogP contribution in [0.2, 0.25) is 0 Å². The molecular formula is C18H20N2O3. The van der Waals surface area contributed by atoms with E-state index in [1.54, 1.807) is 28.9 Å². The van der Waals surface area contributed by atoms with Crippen molar-refractivity contribution in [1.82, 2.24) is 9.80 Å². The number of phenols is 1. The number of amides is 2. The SMILES string of the molecule is CC(=O)N1CCCN(C(=O)c2cc3ccccc3cc2O)CC1. The van der Waals surface area contributed by atoms with E-state index in [9.17, 15) is 14.7 Å². The van der Waals surface area contributed by atoms with E-state index >= 15 is 0 Å². The maximum Gasteiger partial charge on any atom is 0.257 e. The van der Waals surface area contributed by atoms with Crippen LogP contribution in [0, 0.1) is 0 Å². The van der Waals surface area contributed by atoms with Crippen LogP contribution in [0.5, 0.6) is 5.75 Å². The van der Waals surface area contributed by atoms with Crippen LogP contribution in [0.4, 0.5) is 0 Å². The number of phenolic OH excluding ortho intramolecular Hbond substituents is 1. The first-order chi connectivity index (χ1) is 11.1. The molecule has 5 heteroatoms. The standard InChI is InChI=1S/C18H20N2O3/c1-13(21)19-7-4-8-20(10-9-19)18(23)16-11-14-5-2-3-6-15(14)12-17(16)22/h2-3,5-6,11-12,22H,4,7-10H2,1H3. The Hall–Kier alpha value is -2.56. The van der Waals surface area contributed by atoms with Gasteiger partial charge in [0.1, 0.15) is 5.75 Å². The Morgan fingerprint density at radius 1 is 0.957 bits per heavy atom. The number of nitrogens with zero attached hydrogens (tertiary/aromatic N) is 2. The molecule has 2 aromatic carbocycles. The maximum atomic E-state index is 12.8. The zero-order valence-electron chi connectivity index (χ0n) is 13.2. The highest BCUT2D eigenvalue weighted by Gasteiger charge is 2.23. The number of carbonyl (C=O) groups excluding carboxylic acids is 2. The fraction of sp³-hybridized carbons (Fsp3) is 0.333. The first kappa shape index (κ1) is 15.3. The fourth-order valence-electron chi connectivity index (χ4n) is 3.01. The molecule has 0 bridgehead atoms. The highest BCUT2D eigenvalue weighted by atomic mass is 16.3. The molecule has 1 aliphatic heterocycles. The lowest BCUT2D eigenvalue weighted by molar-refractivity contribution is -0.128. The minimum atomic E-state index is -0.182. The van der Waals surface area contributed by atoms with Gasteiger partial charge in [0, 0.05) is 33.1 Å². The summed E-state index contributed by atoms with van der Waals surface area (Å²) in [7, 11) is 0. The molecule has 0 radical (unpaired) electrons. The van der Waals surface area contributed by atoms with Crippen LogP contribution in [0.15, 0.2) is 36.4 Å². The smallest absolute Gasteiger partial charge is 0.257 e. The van der Waals surface area contributed by atoms with Crippen molar-refractivity contribution in [2.24, 2.45) is 0 Å². The Morgan fingerprint density at radius 3 is 2.26 bits per heavy atom. The Kier molecular flexibility index (Phi) is 4.19. The molecule has 0 atom stereocenters. The molecule has 0 saturated carbocycles. The lowest BCUT2D eigenvalue weighted by atomic mass is 10.0. The second-order valence-electron chi connectivity index (χ2n) is 5.87. The molecule has 1 N–H and O–H groups in total. The molecule has 2 amide bonds. The van der Waals surface area contributed by atoms with Crippen molar-refractivity contribution in [2.75, 3.05) is 26.2 Å². The second-order valence-corrected chi connectivity index (χ2v) is 5.87. The molecule has 5 nitrogen and oxygen atoms in total. The fourth-order valence-corrected chi connectivity index (χ4v) is 3.01. The van der Waals surface area contributed by atoms with E-state index < -0.39 is 0 Å². The molecule has 120 valence electrons. The molecule has 0 unspecified atom stereocenters. The summed E-state index contributed by atoms with van der Waals surface area (Å²) in [5, 5.41) is 12.0. The van der Waals surface area contributed by atoms with Crippen LogP contribution in [0.1, 0.15) is 23.7 Å². The molecule has 0 aromatic heterocycles. The van der Waals surface area contributed by atoms with Crippen LogP contribution in [0.3, 0.4) is 0 Å². The monoisotopic (exact) mass is 312 g/mol. The minimum absolute atomic E-state index is 0.00127. The van der Waals surface area contributed by atoms with Gasteiger partial charge in [0.15, 0.2) is 0 Å². The molecule has 3 rings (SSSR count). The maximum absolute atomic E-state index is 12.8. The summed E-state index contributed by atoms with van der Waals surface area (Å²) in [5.41, 5.74) is 0.319. The number of benzene rings is 2. The highest BCUT2D eigenvalue weighted by molar-refractivity contribution is 6.01. The quantitative estimate of drug-likeness (QED) is 0.878. The van der Waals surface area contributed by atoms with Gasteiger partial charge in [-0.05, 0) is 29.3 Å². The Labute approximate surface area is 135 Å². The summed E-state index contributed by atoms with van der Waals surface area (Å²) >= 11 is 0. The van der Waals surface area contributed by atoms with Gasteiger partial charge in [0.2, 0.25) is 5.91 Å². The van der Waals surface area contributed by atoms with Gasteiger partial charge in [0.05, 0.1) is 5.56 Å². The number of rotatable bonds is 1. The van der Waals surface area contributed by atoms with Crippen LogP contribution in [-0.2, 0) is 4.79 Å². The predicted octanol–water partition coefficient (Wildman–Crippen LogP) is 2.24. The largest absolute Gasteiger partial charge is 0.507 e. The van der Waals surface area contributed by atoms with Crippen molar-refractivity contribution in [2.45, 2.75) is 13.3 Å². The van der Waals surface area contributed by atoms with Gasteiger partial charge in [-0.2, -0.15) is 0 Å². The Bertz CT molecular complexity index is 757. The van der Waals surface area contributed by atoms with E-state index in [2.05, 4.69) is 0 Å². The van der Waals surface area contributed by atoms with Gasteiger partial charge in [-0.1, -0.05) is 24.3 Å². The molecule has 1 heterocycles. The lowest BCUT2D eigenvalue weighted by Gasteiger charge is -2.22. The normalized spacial score (nSPS) is 15.5. The van der Waals surface area contributed by atoms with E-state index in [1.165, 1.54) is 0 Å². The summed E-state index contributed by atoms with van der Waals surface area (Å²) in [4.78, 5) is 27.7. The number of fused-ring (bicyclic) bond motifs is 1. The third-order valence-corrected chi connectivity index (χ3v) is 4.32. The molecule has 0 aliphatic carbocycles. The number of aromatic hydroxyl groups is 1. The molecule has 2 aromatic rings. The zero-order chi connectivity index (χ0) is 16.4. The molecule has 23 heavy (non-hydrogen) atoms. The predicted molar refractivity (Wildman–Crippen MR) is 88.4 cm³/mol. The van der Waals surface area contributed by atoms with Crippen molar-refractivity contribution in [3.63, 3.8) is 0 Å². The number of hydrogen-bond donors (Lipinski definition) is 1. The van der Waals surface area contributed by atoms with Gasteiger partial charge < -0.3 is 14.9 Å². The van der Waals surface area contributed by atoms with Gasteiger partial charge in [-0.15, -0.1) is 0 Å². The van der Waals surface area contributed by atoms with Crippen LogP contribution < -0.4 is 0 Å². The molecule has 1 saturated heterocycles. The van der Waals surface area contributed by atoms with Gasteiger partial charge in [-0.25, -0.2) is 0 Å². The van der Waals surface area contributed by atoms with E-state index in [-0.39, 0.29) is 17.6 Å². The lowest BCUT2D eigenvalue weighted by Crippen LogP contribution is -2.36. The third-order valence-electron chi connectivity index (χ3n) is 4.32. The number of carbonyl (C=O) groups is 2. The molecule has 0 spiro atoms. The second kappa shape index (κ2) is 6.28. The minimum Gasteiger partial charge on any atom is -0.507 e. The van der Waals surface area contributed by atoms with E-state index in [0.717, 1.165) is 17.2 Å². The van der Waals surface area contributed by atoms with Crippen LogP contribution in [-0.4, -0.2) is 52.9 Å². The van der Waals surface area contributed by atoms with Crippen molar-refractivity contribution >= 4 is 22.6 Å². The highest BCUT2D eigenvalue weighted by Crippen LogP contribution is 2.26. The summed E-state index contributed by atoms with van der Waals surface area (Å²) < 4.78 is 0. The zero-order valence-corrected chi connectivity index (χ0v) is 13.2. The van der Waals surface area contributed by atoms with Crippen LogP contribution in [0.25, 0.3) is 10.8 Å². The first-order valence-corrected chi connectivity index (χ1v) is 7.83. The van der Waals surface area contributed by atoms with Gasteiger partial charge >= 0.3 is 0 Å². The van der Waals surface area contributed by atoms with Gasteiger partial charge in [0.25, 0.3) is 5.91 Å². The van der Waals surface area contributed by atoms with E-state index in [0.29, 0.717) is 31.7 Å². The van der Waals surface area contributed by atoms with E-state index in [1.807, 2.05) is 24.3 Å². The van der Waals surface area contributed by atoms with Gasteiger partial charge in [-0.3, -0.25) is 9.59 Å². The average Bonchev–Trinajstić information content (AvgIpc) is 2.79. The Balaban J connectivity index is 1.85. The van der Waals surface area contributed by atoms with Crippen LogP contribution >= 0.6 is 0 Å². The van der Waals surface area contributed by atoms with Crippen molar-refractivity contribution in [1.29, 1.82) is 0 Å². The average molecular weight is 312 g/mol. The topological polar surface area (TPSA) is 60.9 Å². The third kappa shape index (κ3) is 3.13. The summed E-state index contributed by atoms with van der Waals surface area (Å²) in [6.07, 6.45) is 0.750. The molecule has 1 aliphatic rings. The summed E-state index contributed by atoms with van der Waals surface area (Å²) in [6.45, 7) is 3.84. The van der Waals surface area contributed by atoms with Crippen molar-refractivity contribution in [3.05, 3.63) is 42.0 Å². The Morgan fingerprint density at radius 2 is 1.57 bits per heavy atom. The molecule has 1 fully saturated rings. The molecular weight excluding hydrogens is 292 g/mol.